The smallest absolute Gasteiger partial charge is 0.238 e. The van der Waals surface area contributed by atoms with Crippen LogP contribution in [0.2, 0.25) is 10.0 Å². The van der Waals surface area contributed by atoms with Crippen LogP contribution in [0.25, 0.3) is 0 Å². The van der Waals surface area contributed by atoms with E-state index in [4.69, 9.17) is 34.1 Å². The molecule has 20 heavy (non-hydrogen) atoms. The molecule has 0 fully saturated rings. The molecule has 0 heterocycles. The van der Waals surface area contributed by atoms with Crippen LogP contribution in [0.5, 0.6) is 0 Å². The van der Waals surface area contributed by atoms with Gasteiger partial charge in [-0.3, -0.25) is 0 Å². The maximum absolute atomic E-state index is 11.2. The first kappa shape index (κ1) is 14.9. The van der Waals surface area contributed by atoms with Crippen molar-refractivity contribution in [3.05, 3.63) is 46.4 Å². The van der Waals surface area contributed by atoms with Crippen LogP contribution in [0.15, 0.2) is 41.3 Å². The highest BCUT2D eigenvalue weighted by Crippen LogP contribution is 2.33. The summed E-state index contributed by atoms with van der Waals surface area (Å²) in [5.41, 5.74) is 7.09. The molecule has 0 bridgehead atoms. The molecule has 0 radical (unpaired) electrons. The summed E-state index contributed by atoms with van der Waals surface area (Å²) in [6, 6.07) is 9.24. The average Bonchev–Trinajstić information content (AvgIpc) is 2.36. The van der Waals surface area contributed by atoms with Gasteiger partial charge in [-0.2, -0.15) is 0 Å². The zero-order chi connectivity index (χ0) is 14.9. The van der Waals surface area contributed by atoms with Crippen LogP contribution in [0, 0.1) is 0 Å². The predicted molar refractivity (Wildman–Crippen MR) is 82.0 cm³/mol. The Kier molecular flexibility index (Phi) is 4.10. The summed E-state index contributed by atoms with van der Waals surface area (Å²) < 4.78 is 22.4. The number of nitrogens with two attached hydrogens (primary N) is 2. The fraction of sp³-hybridized carbons (Fsp3) is 0. The third-order valence-electron chi connectivity index (χ3n) is 2.57. The molecule has 0 atom stereocenters. The predicted octanol–water partition coefficient (Wildman–Crippen LogP) is 2.97. The van der Waals surface area contributed by atoms with Crippen LogP contribution in [-0.4, -0.2) is 8.42 Å². The molecule has 5 nitrogen and oxygen atoms in total. The second-order valence-electron chi connectivity index (χ2n) is 4.02. The molecule has 2 aromatic rings. The lowest BCUT2D eigenvalue weighted by atomic mass is 10.2. The Hall–Kier alpha value is -1.47. The fourth-order valence-electron chi connectivity index (χ4n) is 1.58. The standard InChI is InChI=1S/C12H11Cl2N3O2S/c13-8-2-1-3-11(12(8)14)17-10-5-4-7(6-9(10)15)20(16,18)19/h1-6,17H,15H2,(H2,16,18,19). The quantitative estimate of drug-likeness (QED) is 0.753. The van der Waals surface area contributed by atoms with E-state index < -0.39 is 10.0 Å². The fourth-order valence-corrected chi connectivity index (χ4v) is 2.47. The molecule has 0 aliphatic heterocycles. The number of halogens is 2. The monoisotopic (exact) mass is 331 g/mol. The second kappa shape index (κ2) is 5.49. The van der Waals surface area contributed by atoms with E-state index >= 15 is 0 Å². The Morgan fingerprint density at radius 2 is 1.75 bits per heavy atom. The molecule has 0 aliphatic carbocycles. The molecular formula is C12H11Cl2N3O2S. The SMILES string of the molecule is Nc1cc(S(N)(=O)=O)ccc1Nc1cccc(Cl)c1Cl. The van der Waals surface area contributed by atoms with Crippen molar-refractivity contribution in [2.45, 2.75) is 4.90 Å². The van der Waals surface area contributed by atoms with Gasteiger partial charge in [0.2, 0.25) is 10.0 Å². The average molecular weight is 332 g/mol. The van der Waals surface area contributed by atoms with Gasteiger partial charge in [0.15, 0.2) is 0 Å². The number of anilines is 3. The zero-order valence-corrected chi connectivity index (χ0v) is 12.4. The Balaban J connectivity index is 2.38. The van der Waals surface area contributed by atoms with Gasteiger partial charge in [-0.25, -0.2) is 13.6 Å². The highest BCUT2D eigenvalue weighted by Gasteiger charge is 2.11. The molecule has 106 valence electrons. The lowest BCUT2D eigenvalue weighted by Gasteiger charge is -2.12. The molecule has 2 rings (SSSR count). The minimum atomic E-state index is -3.78. The van der Waals surface area contributed by atoms with Crippen molar-refractivity contribution in [3.63, 3.8) is 0 Å². The van der Waals surface area contributed by atoms with Crippen molar-refractivity contribution < 1.29 is 8.42 Å². The lowest BCUT2D eigenvalue weighted by molar-refractivity contribution is 0.598. The molecular weight excluding hydrogens is 321 g/mol. The van der Waals surface area contributed by atoms with Gasteiger partial charge in [0.05, 0.1) is 32.0 Å². The van der Waals surface area contributed by atoms with Gasteiger partial charge < -0.3 is 11.1 Å². The number of hydrogen-bond acceptors (Lipinski definition) is 4. The first-order valence-electron chi connectivity index (χ1n) is 5.42. The van der Waals surface area contributed by atoms with Crippen LogP contribution in [0.4, 0.5) is 17.1 Å². The highest BCUT2D eigenvalue weighted by molar-refractivity contribution is 7.89. The molecule has 5 N–H and O–H groups in total. The molecule has 2 aromatic carbocycles. The van der Waals surface area contributed by atoms with E-state index in [9.17, 15) is 8.42 Å². The van der Waals surface area contributed by atoms with Crippen molar-refractivity contribution in [2.75, 3.05) is 11.1 Å². The summed E-state index contributed by atoms with van der Waals surface area (Å²) >= 11 is 12.0. The molecule has 0 aliphatic rings. The van der Waals surface area contributed by atoms with Crippen LogP contribution >= 0.6 is 23.2 Å². The van der Waals surface area contributed by atoms with E-state index in [1.807, 2.05) is 0 Å². The minimum absolute atomic E-state index is 0.0576. The normalized spacial score (nSPS) is 11.3. The maximum atomic E-state index is 11.2. The van der Waals surface area contributed by atoms with E-state index in [0.717, 1.165) is 0 Å². The molecule has 0 saturated carbocycles. The van der Waals surface area contributed by atoms with Gasteiger partial charge in [0.1, 0.15) is 0 Å². The van der Waals surface area contributed by atoms with Gasteiger partial charge in [-0.1, -0.05) is 29.3 Å². The van der Waals surface area contributed by atoms with Crippen LogP contribution in [0.1, 0.15) is 0 Å². The van der Waals surface area contributed by atoms with Crippen LogP contribution in [-0.2, 0) is 10.0 Å². The molecule has 0 unspecified atom stereocenters. The second-order valence-corrected chi connectivity index (χ2v) is 6.37. The lowest BCUT2D eigenvalue weighted by Crippen LogP contribution is -2.12. The van der Waals surface area contributed by atoms with E-state index in [2.05, 4.69) is 5.32 Å². The zero-order valence-electron chi connectivity index (χ0n) is 10.1. The number of sulfonamides is 1. The third kappa shape index (κ3) is 3.16. The number of rotatable bonds is 3. The van der Waals surface area contributed by atoms with Gasteiger partial charge in [0.25, 0.3) is 0 Å². The summed E-state index contributed by atoms with van der Waals surface area (Å²) in [6.07, 6.45) is 0. The highest BCUT2D eigenvalue weighted by atomic mass is 35.5. The number of nitrogen functional groups attached to an aromatic ring is 1. The van der Waals surface area contributed by atoms with Crippen LogP contribution in [0.3, 0.4) is 0 Å². The Morgan fingerprint density at radius 3 is 2.35 bits per heavy atom. The molecule has 0 amide bonds. The molecule has 0 aromatic heterocycles. The third-order valence-corrected chi connectivity index (χ3v) is 4.30. The van der Waals surface area contributed by atoms with Crippen molar-refractivity contribution in [3.8, 4) is 0 Å². The van der Waals surface area contributed by atoms with E-state index in [0.29, 0.717) is 21.4 Å². The van der Waals surface area contributed by atoms with E-state index in [1.54, 1.807) is 18.2 Å². The molecule has 0 spiro atoms. The topological polar surface area (TPSA) is 98.2 Å². The van der Waals surface area contributed by atoms with Gasteiger partial charge in [-0.05, 0) is 30.3 Å². The van der Waals surface area contributed by atoms with Crippen molar-refractivity contribution in [2.24, 2.45) is 5.14 Å². The van der Waals surface area contributed by atoms with Crippen LogP contribution < -0.4 is 16.2 Å². The summed E-state index contributed by atoms with van der Waals surface area (Å²) in [7, 11) is -3.78. The van der Waals surface area contributed by atoms with Gasteiger partial charge in [-0.15, -0.1) is 0 Å². The van der Waals surface area contributed by atoms with Gasteiger partial charge >= 0.3 is 0 Å². The first-order chi connectivity index (χ1) is 9.29. The molecule has 8 heteroatoms. The van der Waals surface area contributed by atoms with Gasteiger partial charge in [0, 0.05) is 0 Å². The Morgan fingerprint density at radius 1 is 1.05 bits per heavy atom. The van der Waals surface area contributed by atoms with Crippen molar-refractivity contribution in [1.29, 1.82) is 0 Å². The molecule has 0 saturated heterocycles. The first-order valence-corrected chi connectivity index (χ1v) is 7.72. The van der Waals surface area contributed by atoms with Crippen molar-refractivity contribution >= 4 is 50.3 Å². The minimum Gasteiger partial charge on any atom is -0.397 e. The Bertz CT molecular complexity index is 763. The summed E-state index contributed by atoms with van der Waals surface area (Å²) in [6.45, 7) is 0. The number of hydrogen-bond donors (Lipinski definition) is 3. The number of primary sulfonamides is 1. The summed E-state index contributed by atoms with van der Waals surface area (Å²) in [5, 5.41) is 8.76. The number of benzene rings is 2. The summed E-state index contributed by atoms with van der Waals surface area (Å²) in [5.74, 6) is 0. The maximum Gasteiger partial charge on any atom is 0.238 e. The van der Waals surface area contributed by atoms with E-state index in [1.165, 1.54) is 18.2 Å². The van der Waals surface area contributed by atoms with Crippen molar-refractivity contribution in [1.82, 2.24) is 0 Å². The number of nitrogens with one attached hydrogen (secondary N) is 1. The summed E-state index contributed by atoms with van der Waals surface area (Å²) in [4.78, 5) is -0.0576. The van der Waals surface area contributed by atoms with E-state index in [-0.39, 0.29) is 10.6 Å². The largest absolute Gasteiger partial charge is 0.397 e. The Labute approximate surface area is 126 Å².